The summed E-state index contributed by atoms with van der Waals surface area (Å²) in [5.74, 6) is 6.24. The smallest absolute Gasteiger partial charge is 0.0300 e. The van der Waals surface area contributed by atoms with Gasteiger partial charge in [0.15, 0.2) is 0 Å². The molecule has 1 N–H and O–H groups in total. The first-order chi connectivity index (χ1) is 12.2. The van der Waals surface area contributed by atoms with Crippen LogP contribution in [0.4, 0.5) is 0 Å². The molecule has 0 heterocycles. The number of allylic oxidation sites excluding steroid dienone is 1. The van der Waals surface area contributed by atoms with Crippen molar-refractivity contribution in [1.29, 1.82) is 0 Å². The number of fused-ring (bicyclic) bond motifs is 1. The minimum absolute atomic E-state index is 0.292. The number of aryl methyl sites for hydroxylation is 1. The minimum atomic E-state index is 0.292. The largest absolute Gasteiger partial charge is 0.307 e. The predicted octanol–water partition coefficient (Wildman–Crippen LogP) is 5.41. The van der Waals surface area contributed by atoms with Crippen LogP contribution in [-0.4, -0.2) is 6.54 Å². The van der Waals surface area contributed by atoms with E-state index in [1.54, 1.807) is 0 Å². The molecule has 0 aromatic heterocycles. The third-order valence-corrected chi connectivity index (χ3v) is 4.30. The fourth-order valence-corrected chi connectivity index (χ4v) is 2.86. The number of hydrogen-bond donors (Lipinski definition) is 1. The Morgan fingerprint density at radius 3 is 2.56 bits per heavy atom. The first kappa shape index (κ1) is 17.0. The van der Waals surface area contributed by atoms with E-state index in [0.29, 0.717) is 6.04 Å². The third-order valence-electron chi connectivity index (χ3n) is 4.30. The topological polar surface area (TPSA) is 12.0 Å². The van der Waals surface area contributed by atoms with Gasteiger partial charge in [-0.3, -0.25) is 0 Å². The highest BCUT2D eigenvalue weighted by molar-refractivity contribution is 5.86. The molecular weight excluding hydrogens is 302 g/mol. The third kappa shape index (κ3) is 4.59. The van der Waals surface area contributed by atoms with E-state index in [9.17, 15) is 0 Å². The van der Waals surface area contributed by atoms with Crippen LogP contribution in [0.3, 0.4) is 0 Å². The Kier molecular flexibility index (Phi) is 5.67. The van der Waals surface area contributed by atoms with E-state index in [2.05, 4.69) is 104 Å². The molecule has 3 rings (SSSR count). The molecule has 0 aliphatic heterocycles. The maximum absolute atomic E-state index is 3.54. The van der Waals surface area contributed by atoms with E-state index in [1.165, 1.54) is 21.9 Å². The van der Waals surface area contributed by atoms with Crippen molar-refractivity contribution >= 4 is 10.8 Å². The molecule has 1 heteroatoms. The van der Waals surface area contributed by atoms with Crippen molar-refractivity contribution in [2.75, 3.05) is 6.54 Å². The zero-order chi connectivity index (χ0) is 17.5. The summed E-state index contributed by atoms with van der Waals surface area (Å²) in [6.07, 6.45) is 3.99. The van der Waals surface area contributed by atoms with E-state index in [-0.39, 0.29) is 0 Å². The SMILES string of the molecule is Cc1ccc(C#C/C=C/CNC(C)c2cccc3ccccc23)cc1. The molecule has 0 saturated carbocycles. The maximum atomic E-state index is 3.54. The van der Waals surface area contributed by atoms with Crippen molar-refractivity contribution in [2.45, 2.75) is 19.9 Å². The van der Waals surface area contributed by atoms with Gasteiger partial charge in [0.2, 0.25) is 0 Å². The number of hydrogen-bond acceptors (Lipinski definition) is 1. The van der Waals surface area contributed by atoms with Crippen LogP contribution in [0.2, 0.25) is 0 Å². The van der Waals surface area contributed by atoms with Gasteiger partial charge in [-0.25, -0.2) is 0 Å². The summed E-state index contributed by atoms with van der Waals surface area (Å²) in [6, 6.07) is 23.6. The molecular formula is C24H23N. The van der Waals surface area contributed by atoms with Crippen LogP contribution in [0.25, 0.3) is 10.8 Å². The lowest BCUT2D eigenvalue weighted by molar-refractivity contribution is 0.621. The molecule has 0 saturated heterocycles. The fraction of sp³-hybridized carbons (Fsp3) is 0.167. The number of rotatable bonds is 4. The molecule has 1 unspecified atom stereocenters. The zero-order valence-corrected chi connectivity index (χ0v) is 14.8. The predicted molar refractivity (Wildman–Crippen MR) is 108 cm³/mol. The molecule has 25 heavy (non-hydrogen) atoms. The van der Waals surface area contributed by atoms with Crippen LogP contribution in [-0.2, 0) is 0 Å². The summed E-state index contributed by atoms with van der Waals surface area (Å²) >= 11 is 0. The van der Waals surface area contributed by atoms with Gasteiger partial charge in [0.1, 0.15) is 0 Å². The van der Waals surface area contributed by atoms with E-state index in [0.717, 1.165) is 12.1 Å². The highest BCUT2D eigenvalue weighted by Gasteiger charge is 2.07. The van der Waals surface area contributed by atoms with Crippen LogP contribution in [0.5, 0.6) is 0 Å². The first-order valence-electron chi connectivity index (χ1n) is 8.68. The highest BCUT2D eigenvalue weighted by atomic mass is 14.9. The highest BCUT2D eigenvalue weighted by Crippen LogP contribution is 2.23. The van der Waals surface area contributed by atoms with Crippen LogP contribution in [0.1, 0.15) is 29.7 Å². The van der Waals surface area contributed by atoms with Crippen LogP contribution >= 0.6 is 0 Å². The lowest BCUT2D eigenvalue weighted by Gasteiger charge is -2.15. The normalized spacial score (nSPS) is 12.1. The van der Waals surface area contributed by atoms with Gasteiger partial charge >= 0.3 is 0 Å². The Morgan fingerprint density at radius 2 is 1.72 bits per heavy atom. The minimum Gasteiger partial charge on any atom is -0.307 e. The summed E-state index contributed by atoms with van der Waals surface area (Å²) < 4.78 is 0. The van der Waals surface area contributed by atoms with E-state index in [1.807, 2.05) is 6.08 Å². The molecule has 0 radical (unpaired) electrons. The molecule has 3 aromatic rings. The molecule has 0 amide bonds. The Hall–Kier alpha value is -2.82. The summed E-state index contributed by atoms with van der Waals surface area (Å²) in [5.41, 5.74) is 3.64. The Balaban J connectivity index is 1.57. The monoisotopic (exact) mass is 325 g/mol. The molecule has 0 spiro atoms. The standard InChI is InChI=1S/C24H23N/c1-19-14-16-21(17-15-19)9-4-3-7-18-25-20(2)23-13-8-11-22-10-5-6-12-24(22)23/h3,5-8,10-17,20,25H,18H2,1-2H3/b7-3+. The Bertz CT molecular complexity index is 918. The lowest BCUT2D eigenvalue weighted by atomic mass is 10.00. The second-order valence-corrected chi connectivity index (χ2v) is 6.24. The van der Waals surface area contributed by atoms with Crippen molar-refractivity contribution < 1.29 is 0 Å². The van der Waals surface area contributed by atoms with Crippen LogP contribution in [0.15, 0.2) is 78.9 Å². The number of nitrogens with one attached hydrogen (secondary N) is 1. The maximum Gasteiger partial charge on any atom is 0.0300 e. The van der Waals surface area contributed by atoms with Gasteiger partial charge in [-0.15, -0.1) is 0 Å². The molecule has 1 nitrogen and oxygen atoms in total. The van der Waals surface area contributed by atoms with E-state index < -0.39 is 0 Å². The molecule has 0 bridgehead atoms. The first-order valence-corrected chi connectivity index (χ1v) is 8.68. The van der Waals surface area contributed by atoms with Gasteiger partial charge in [-0.05, 0) is 48.4 Å². The van der Waals surface area contributed by atoms with Crippen LogP contribution < -0.4 is 5.32 Å². The fourth-order valence-electron chi connectivity index (χ4n) is 2.86. The van der Waals surface area contributed by atoms with Crippen molar-refractivity contribution in [3.63, 3.8) is 0 Å². The van der Waals surface area contributed by atoms with Gasteiger partial charge in [0, 0.05) is 18.2 Å². The Morgan fingerprint density at radius 1 is 0.960 bits per heavy atom. The quantitative estimate of drug-likeness (QED) is 0.633. The zero-order valence-electron chi connectivity index (χ0n) is 14.8. The molecule has 0 aliphatic carbocycles. The van der Waals surface area contributed by atoms with Gasteiger partial charge in [0.25, 0.3) is 0 Å². The van der Waals surface area contributed by atoms with Gasteiger partial charge in [-0.2, -0.15) is 0 Å². The summed E-state index contributed by atoms with van der Waals surface area (Å²) in [7, 11) is 0. The van der Waals surface area contributed by atoms with Crippen molar-refractivity contribution in [2.24, 2.45) is 0 Å². The van der Waals surface area contributed by atoms with Crippen molar-refractivity contribution in [3.05, 3.63) is 95.6 Å². The summed E-state index contributed by atoms with van der Waals surface area (Å²) in [5, 5.41) is 6.14. The van der Waals surface area contributed by atoms with Crippen molar-refractivity contribution in [3.8, 4) is 11.8 Å². The average Bonchev–Trinajstić information content (AvgIpc) is 2.65. The summed E-state index contributed by atoms with van der Waals surface area (Å²) in [4.78, 5) is 0. The van der Waals surface area contributed by atoms with Crippen molar-refractivity contribution in [1.82, 2.24) is 5.32 Å². The van der Waals surface area contributed by atoms with Gasteiger partial charge < -0.3 is 5.32 Å². The summed E-state index contributed by atoms with van der Waals surface area (Å²) in [6.45, 7) is 5.08. The van der Waals surface area contributed by atoms with Crippen LogP contribution in [0, 0.1) is 18.8 Å². The van der Waals surface area contributed by atoms with Gasteiger partial charge in [0.05, 0.1) is 0 Å². The molecule has 3 aromatic carbocycles. The molecule has 124 valence electrons. The molecule has 0 fully saturated rings. The second kappa shape index (κ2) is 8.33. The molecule has 1 atom stereocenters. The van der Waals surface area contributed by atoms with E-state index >= 15 is 0 Å². The van der Waals surface area contributed by atoms with E-state index in [4.69, 9.17) is 0 Å². The Labute approximate surface area is 150 Å². The lowest BCUT2D eigenvalue weighted by Crippen LogP contribution is -2.18. The number of benzene rings is 3. The van der Waals surface area contributed by atoms with Gasteiger partial charge in [-0.1, -0.05) is 78.1 Å². The second-order valence-electron chi connectivity index (χ2n) is 6.24. The average molecular weight is 325 g/mol. The molecule has 0 aliphatic rings.